The van der Waals surface area contributed by atoms with Gasteiger partial charge in [0, 0.05) is 10.7 Å². The largest absolute Gasteiger partial charge is 0.452 e. The summed E-state index contributed by atoms with van der Waals surface area (Å²) < 4.78 is 5.08. The van der Waals surface area contributed by atoms with Crippen molar-refractivity contribution >= 4 is 29.2 Å². The zero-order valence-corrected chi connectivity index (χ0v) is 14.0. The Kier molecular flexibility index (Phi) is 5.40. The first-order valence-corrected chi connectivity index (χ1v) is 7.55. The van der Waals surface area contributed by atoms with Gasteiger partial charge in [0.2, 0.25) is 0 Å². The van der Waals surface area contributed by atoms with Gasteiger partial charge in [0.05, 0.1) is 5.56 Å². The molecule has 4 nitrogen and oxygen atoms in total. The summed E-state index contributed by atoms with van der Waals surface area (Å²) in [5.74, 6) is -0.918. The van der Waals surface area contributed by atoms with Crippen LogP contribution in [0.15, 0.2) is 36.4 Å². The first-order chi connectivity index (χ1) is 10.9. The lowest BCUT2D eigenvalue weighted by molar-refractivity contribution is -0.119. The lowest BCUT2D eigenvalue weighted by Gasteiger charge is -2.10. The summed E-state index contributed by atoms with van der Waals surface area (Å²) in [6.45, 7) is 5.22. The van der Waals surface area contributed by atoms with Gasteiger partial charge in [-0.15, -0.1) is 0 Å². The normalized spacial score (nSPS) is 10.3. The molecule has 0 spiro atoms. The Morgan fingerprint density at radius 1 is 1.04 bits per heavy atom. The number of ether oxygens (including phenoxy) is 1. The third-order valence-electron chi connectivity index (χ3n) is 3.42. The SMILES string of the molecule is Cc1ccc(C)c(C(=O)OCC(=O)Nc2cc(Cl)ccc2C)c1. The van der Waals surface area contributed by atoms with Gasteiger partial charge in [0.15, 0.2) is 6.61 Å². The van der Waals surface area contributed by atoms with E-state index in [9.17, 15) is 9.59 Å². The average molecular weight is 332 g/mol. The van der Waals surface area contributed by atoms with Crippen LogP contribution in [0.4, 0.5) is 5.69 Å². The molecule has 1 N–H and O–H groups in total. The number of hydrogen-bond donors (Lipinski definition) is 1. The van der Waals surface area contributed by atoms with E-state index in [1.54, 1.807) is 24.3 Å². The summed E-state index contributed by atoms with van der Waals surface area (Å²) in [5, 5.41) is 3.21. The van der Waals surface area contributed by atoms with Crippen molar-refractivity contribution in [3.05, 3.63) is 63.7 Å². The Morgan fingerprint density at radius 3 is 2.48 bits per heavy atom. The number of amides is 1. The number of aryl methyl sites for hydroxylation is 3. The fourth-order valence-electron chi connectivity index (χ4n) is 2.08. The number of hydrogen-bond acceptors (Lipinski definition) is 3. The Balaban J connectivity index is 1.97. The maximum Gasteiger partial charge on any atom is 0.338 e. The van der Waals surface area contributed by atoms with Gasteiger partial charge < -0.3 is 10.1 Å². The molecule has 0 saturated heterocycles. The molecule has 0 aliphatic carbocycles. The van der Waals surface area contributed by atoms with Gasteiger partial charge in [0.25, 0.3) is 5.91 Å². The molecular formula is C18H18ClNO3. The van der Waals surface area contributed by atoms with Crippen LogP contribution in [-0.2, 0) is 9.53 Å². The molecule has 0 bridgehead atoms. The minimum Gasteiger partial charge on any atom is -0.452 e. The van der Waals surface area contributed by atoms with Gasteiger partial charge in [-0.2, -0.15) is 0 Å². The molecule has 5 heteroatoms. The van der Waals surface area contributed by atoms with Crippen molar-refractivity contribution in [2.24, 2.45) is 0 Å². The van der Waals surface area contributed by atoms with Gasteiger partial charge >= 0.3 is 5.97 Å². The number of anilines is 1. The van der Waals surface area contributed by atoms with E-state index in [-0.39, 0.29) is 6.61 Å². The molecule has 1 amide bonds. The molecule has 0 saturated carbocycles. The van der Waals surface area contributed by atoms with Gasteiger partial charge in [0.1, 0.15) is 0 Å². The lowest BCUT2D eigenvalue weighted by atomic mass is 10.1. The Hall–Kier alpha value is -2.33. The van der Waals surface area contributed by atoms with Crippen molar-refractivity contribution < 1.29 is 14.3 Å². The Labute approximate surface area is 140 Å². The van der Waals surface area contributed by atoms with Crippen LogP contribution in [0.2, 0.25) is 5.02 Å². The highest BCUT2D eigenvalue weighted by atomic mass is 35.5. The number of benzene rings is 2. The topological polar surface area (TPSA) is 55.4 Å². The predicted octanol–water partition coefficient (Wildman–Crippen LogP) is 4.06. The Morgan fingerprint density at radius 2 is 1.74 bits per heavy atom. The third kappa shape index (κ3) is 4.57. The van der Waals surface area contributed by atoms with Gasteiger partial charge in [-0.25, -0.2) is 4.79 Å². The molecule has 23 heavy (non-hydrogen) atoms. The molecule has 0 unspecified atom stereocenters. The van der Waals surface area contributed by atoms with Gasteiger partial charge in [-0.3, -0.25) is 4.79 Å². The van der Waals surface area contributed by atoms with Crippen LogP contribution in [0.3, 0.4) is 0 Å². The fraction of sp³-hybridized carbons (Fsp3) is 0.222. The fourth-order valence-corrected chi connectivity index (χ4v) is 2.25. The van der Waals surface area contributed by atoms with E-state index in [0.29, 0.717) is 16.3 Å². The van der Waals surface area contributed by atoms with Crippen LogP contribution in [0.1, 0.15) is 27.0 Å². The minimum atomic E-state index is -0.510. The summed E-state index contributed by atoms with van der Waals surface area (Å²) in [5.41, 5.74) is 3.72. The average Bonchev–Trinajstić information content (AvgIpc) is 2.51. The highest BCUT2D eigenvalue weighted by Gasteiger charge is 2.13. The Bertz CT molecular complexity index is 756. The monoisotopic (exact) mass is 331 g/mol. The van der Waals surface area contributed by atoms with Gasteiger partial charge in [-0.05, 0) is 50.1 Å². The number of carbonyl (C=O) groups is 2. The standard InChI is InChI=1S/C18H18ClNO3/c1-11-4-5-12(2)15(8-11)18(22)23-10-17(21)20-16-9-14(19)7-6-13(16)3/h4-9H,10H2,1-3H3,(H,20,21). The summed E-state index contributed by atoms with van der Waals surface area (Å²) in [4.78, 5) is 24.0. The zero-order chi connectivity index (χ0) is 17.0. The third-order valence-corrected chi connectivity index (χ3v) is 3.66. The highest BCUT2D eigenvalue weighted by Crippen LogP contribution is 2.20. The van der Waals surface area contributed by atoms with Crippen LogP contribution in [0.25, 0.3) is 0 Å². The number of rotatable bonds is 4. The molecule has 0 aromatic heterocycles. The first kappa shape index (κ1) is 17.0. The molecule has 0 aliphatic heterocycles. The lowest BCUT2D eigenvalue weighted by Crippen LogP contribution is -2.21. The molecule has 0 radical (unpaired) electrons. The first-order valence-electron chi connectivity index (χ1n) is 7.17. The molecule has 2 rings (SSSR count). The highest BCUT2D eigenvalue weighted by molar-refractivity contribution is 6.31. The van der Waals surface area contributed by atoms with E-state index >= 15 is 0 Å². The van der Waals surface area contributed by atoms with Crippen molar-refractivity contribution in [2.75, 3.05) is 11.9 Å². The molecule has 2 aromatic carbocycles. The number of carbonyl (C=O) groups excluding carboxylic acids is 2. The van der Waals surface area contributed by atoms with Crippen molar-refractivity contribution in [2.45, 2.75) is 20.8 Å². The predicted molar refractivity (Wildman–Crippen MR) is 91.0 cm³/mol. The van der Waals surface area contributed by atoms with Crippen LogP contribution in [0, 0.1) is 20.8 Å². The van der Waals surface area contributed by atoms with E-state index in [1.807, 2.05) is 32.9 Å². The van der Waals surface area contributed by atoms with E-state index in [1.165, 1.54) is 0 Å². The van der Waals surface area contributed by atoms with Crippen molar-refractivity contribution in [1.29, 1.82) is 0 Å². The second-order valence-electron chi connectivity index (χ2n) is 5.40. The van der Waals surface area contributed by atoms with E-state index in [2.05, 4.69) is 5.32 Å². The van der Waals surface area contributed by atoms with E-state index < -0.39 is 11.9 Å². The number of halogens is 1. The molecule has 0 aliphatic rings. The second-order valence-corrected chi connectivity index (χ2v) is 5.84. The molecule has 0 fully saturated rings. The molecule has 0 heterocycles. The maximum absolute atomic E-state index is 12.1. The summed E-state index contributed by atoms with van der Waals surface area (Å²) in [6.07, 6.45) is 0. The number of nitrogens with one attached hydrogen (secondary N) is 1. The van der Waals surface area contributed by atoms with Gasteiger partial charge in [-0.1, -0.05) is 35.4 Å². The summed E-state index contributed by atoms with van der Waals surface area (Å²) >= 11 is 5.90. The van der Waals surface area contributed by atoms with Crippen molar-refractivity contribution in [3.8, 4) is 0 Å². The van der Waals surface area contributed by atoms with E-state index in [0.717, 1.165) is 16.7 Å². The summed E-state index contributed by atoms with van der Waals surface area (Å²) in [6, 6.07) is 10.7. The van der Waals surface area contributed by atoms with E-state index in [4.69, 9.17) is 16.3 Å². The minimum absolute atomic E-state index is 0.349. The zero-order valence-electron chi connectivity index (χ0n) is 13.3. The second kappa shape index (κ2) is 7.29. The van der Waals surface area contributed by atoms with Crippen LogP contribution in [-0.4, -0.2) is 18.5 Å². The molecular weight excluding hydrogens is 314 g/mol. The van der Waals surface area contributed by atoms with Crippen LogP contribution >= 0.6 is 11.6 Å². The van der Waals surface area contributed by atoms with Crippen LogP contribution in [0.5, 0.6) is 0 Å². The molecule has 2 aromatic rings. The maximum atomic E-state index is 12.1. The van der Waals surface area contributed by atoms with Crippen molar-refractivity contribution in [1.82, 2.24) is 0 Å². The number of esters is 1. The molecule has 0 atom stereocenters. The molecule has 120 valence electrons. The van der Waals surface area contributed by atoms with Crippen LogP contribution < -0.4 is 5.32 Å². The summed E-state index contributed by atoms with van der Waals surface area (Å²) in [7, 11) is 0. The van der Waals surface area contributed by atoms with Crippen molar-refractivity contribution in [3.63, 3.8) is 0 Å². The smallest absolute Gasteiger partial charge is 0.338 e. The quantitative estimate of drug-likeness (QED) is 0.859.